The number of amides is 1. The van der Waals surface area contributed by atoms with E-state index in [0.717, 1.165) is 45.4 Å². The second-order valence-electron chi connectivity index (χ2n) is 6.06. The quantitative estimate of drug-likeness (QED) is 0.747. The lowest BCUT2D eigenvalue weighted by Crippen LogP contribution is -2.64. The van der Waals surface area contributed by atoms with E-state index < -0.39 is 6.23 Å². The first-order valence-corrected chi connectivity index (χ1v) is 7.73. The Bertz CT molecular complexity index is 329. The molecule has 2 heterocycles. The largest absolute Gasteiger partial charge is 0.370 e. The fraction of sp³-hybridized carbons (Fsp3) is 0.929. The van der Waals surface area contributed by atoms with E-state index in [-0.39, 0.29) is 5.91 Å². The summed E-state index contributed by atoms with van der Waals surface area (Å²) in [6, 6.07) is 0.799. The van der Waals surface area contributed by atoms with Crippen molar-refractivity contribution < 1.29 is 9.90 Å². The monoisotopic (exact) mass is 267 g/mol. The zero-order valence-corrected chi connectivity index (χ0v) is 11.6. The van der Waals surface area contributed by atoms with Gasteiger partial charge in [-0.1, -0.05) is 12.8 Å². The lowest BCUT2D eigenvalue weighted by molar-refractivity contribution is -0.155. The van der Waals surface area contributed by atoms with Gasteiger partial charge in [0.05, 0.1) is 0 Å². The van der Waals surface area contributed by atoms with E-state index in [0.29, 0.717) is 12.1 Å². The fourth-order valence-electron chi connectivity index (χ4n) is 3.84. The van der Waals surface area contributed by atoms with Crippen LogP contribution in [-0.2, 0) is 4.79 Å². The smallest absolute Gasteiger partial charge is 0.266 e. The van der Waals surface area contributed by atoms with Gasteiger partial charge in [-0.05, 0) is 25.7 Å². The van der Waals surface area contributed by atoms with Gasteiger partial charge in [0.1, 0.15) is 0 Å². The summed E-state index contributed by atoms with van der Waals surface area (Å²) in [5.41, 5.74) is 0. The Kier molecular flexibility index (Phi) is 4.05. The fourth-order valence-corrected chi connectivity index (χ4v) is 3.84. The van der Waals surface area contributed by atoms with Crippen molar-refractivity contribution in [2.45, 2.75) is 56.8 Å². The minimum absolute atomic E-state index is 0.0799. The highest BCUT2D eigenvalue weighted by atomic mass is 16.3. The summed E-state index contributed by atoms with van der Waals surface area (Å²) in [4.78, 5) is 16.2. The molecule has 0 radical (unpaired) electrons. The van der Waals surface area contributed by atoms with E-state index in [2.05, 4.69) is 5.32 Å². The predicted molar refractivity (Wildman–Crippen MR) is 72.6 cm³/mol. The van der Waals surface area contributed by atoms with Gasteiger partial charge >= 0.3 is 0 Å². The third-order valence-electron chi connectivity index (χ3n) is 4.88. The molecule has 5 nitrogen and oxygen atoms in total. The molecule has 0 aromatic rings. The molecule has 1 aliphatic carbocycles. The number of aliphatic hydroxyl groups excluding tert-OH is 1. The van der Waals surface area contributed by atoms with Crippen LogP contribution in [-0.4, -0.2) is 65.3 Å². The Hall–Kier alpha value is -0.650. The molecule has 2 aliphatic heterocycles. The van der Waals surface area contributed by atoms with Crippen LogP contribution < -0.4 is 5.32 Å². The summed E-state index contributed by atoms with van der Waals surface area (Å²) >= 11 is 0. The predicted octanol–water partition coefficient (Wildman–Crippen LogP) is 0.144. The molecule has 108 valence electrons. The van der Waals surface area contributed by atoms with Crippen molar-refractivity contribution in [1.29, 1.82) is 0 Å². The van der Waals surface area contributed by atoms with Crippen molar-refractivity contribution >= 4 is 5.91 Å². The second-order valence-corrected chi connectivity index (χ2v) is 6.06. The average molecular weight is 267 g/mol. The molecular weight excluding hydrogens is 242 g/mol. The molecule has 0 aromatic heterocycles. The molecule has 3 unspecified atom stereocenters. The molecule has 3 atom stereocenters. The number of hydrogen-bond acceptors (Lipinski definition) is 4. The number of carbonyl (C=O) groups excluding carboxylic acids is 1. The van der Waals surface area contributed by atoms with E-state index in [1.165, 1.54) is 19.3 Å². The minimum atomic E-state index is -0.925. The van der Waals surface area contributed by atoms with Crippen LogP contribution in [0, 0.1) is 0 Å². The Morgan fingerprint density at radius 1 is 1.11 bits per heavy atom. The summed E-state index contributed by atoms with van der Waals surface area (Å²) in [5, 5.41) is 14.0. The van der Waals surface area contributed by atoms with Gasteiger partial charge in [0.15, 0.2) is 6.23 Å². The highest BCUT2D eigenvalue weighted by Gasteiger charge is 2.39. The van der Waals surface area contributed by atoms with Crippen molar-refractivity contribution in [2.75, 3.05) is 26.2 Å². The maximum atomic E-state index is 12.3. The van der Waals surface area contributed by atoms with Gasteiger partial charge in [-0.15, -0.1) is 0 Å². The third kappa shape index (κ3) is 2.64. The zero-order valence-electron chi connectivity index (χ0n) is 11.6. The van der Waals surface area contributed by atoms with E-state index in [1.807, 2.05) is 9.80 Å². The molecule has 0 bridgehead atoms. The van der Waals surface area contributed by atoms with Gasteiger partial charge in [-0.2, -0.15) is 0 Å². The van der Waals surface area contributed by atoms with Crippen LogP contribution in [0.3, 0.4) is 0 Å². The third-order valence-corrected chi connectivity index (χ3v) is 4.88. The molecule has 3 aliphatic rings. The van der Waals surface area contributed by atoms with Crippen LogP contribution >= 0.6 is 0 Å². The summed E-state index contributed by atoms with van der Waals surface area (Å²) in [7, 11) is 0. The van der Waals surface area contributed by atoms with E-state index >= 15 is 0 Å². The van der Waals surface area contributed by atoms with Crippen LogP contribution in [0.1, 0.15) is 38.5 Å². The van der Waals surface area contributed by atoms with E-state index in [1.54, 1.807) is 0 Å². The first-order chi connectivity index (χ1) is 9.27. The number of rotatable bonds is 2. The molecule has 1 saturated carbocycles. The Labute approximate surface area is 114 Å². The number of aliphatic hydroxyl groups is 1. The van der Waals surface area contributed by atoms with Crippen LogP contribution in [0.2, 0.25) is 0 Å². The maximum absolute atomic E-state index is 12.3. The number of nitrogens with one attached hydrogen (secondary N) is 1. The number of nitrogens with zero attached hydrogens (tertiary/aromatic N) is 2. The van der Waals surface area contributed by atoms with Crippen molar-refractivity contribution in [1.82, 2.24) is 15.1 Å². The molecule has 3 fully saturated rings. The van der Waals surface area contributed by atoms with Crippen molar-refractivity contribution in [3.63, 3.8) is 0 Å². The summed E-state index contributed by atoms with van der Waals surface area (Å²) in [6.07, 6.45) is 5.97. The molecule has 2 saturated heterocycles. The summed E-state index contributed by atoms with van der Waals surface area (Å²) < 4.78 is 0. The van der Waals surface area contributed by atoms with Crippen LogP contribution in [0.5, 0.6) is 0 Å². The van der Waals surface area contributed by atoms with Crippen molar-refractivity contribution in [3.05, 3.63) is 0 Å². The molecular formula is C14H25N3O2. The standard InChI is InChI=1S/C14H25N3O2/c18-13(16-8-3-4-9-16)14(19)17-10-7-15-11-5-1-2-6-12(11)17/h11-12,14-15,19H,1-10H2. The lowest BCUT2D eigenvalue weighted by atomic mass is 9.87. The van der Waals surface area contributed by atoms with Crippen LogP contribution in [0.15, 0.2) is 0 Å². The maximum Gasteiger partial charge on any atom is 0.266 e. The van der Waals surface area contributed by atoms with Crippen molar-refractivity contribution in [3.8, 4) is 0 Å². The van der Waals surface area contributed by atoms with Crippen LogP contribution in [0.25, 0.3) is 0 Å². The normalized spacial score (nSPS) is 34.1. The summed E-state index contributed by atoms with van der Waals surface area (Å²) in [5.74, 6) is -0.0799. The minimum Gasteiger partial charge on any atom is -0.370 e. The Morgan fingerprint density at radius 3 is 2.63 bits per heavy atom. The van der Waals surface area contributed by atoms with Crippen molar-refractivity contribution in [2.24, 2.45) is 0 Å². The molecule has 0 spiro atoms. The number of piperazine rings is 1. The zero-order chi connectivity index (χ0) is 13.2. The lowest BCUT2D eigenvalue weighted by Gasteiger charge is -2.46. The molecule has 2 N–H and O–H groups in total. The van der Waals surface area contributed by atoms with Gasteiger partial charge in [0.25, 0.3) is 5.91 Å². The highest BCUT2D eigenvalue weighted by Crippen LogP contribution is 2.27. The topological polar surface area (TPSA) is 55.8 Å². The molecule has 19 heavy (non-hydrogen) atoms. The Morgan fingerprint density at radius 2 is 1.84 bits per heavy atom. The number of carbonyl (C=O) groups is 1. The second kappa shape index (κ2) is 5.77. The van der Waals surface area contributed by atoms with Gasteiger partial charge in [0.2, 0.25) is 0 Å². The molecule has 3 rings (SSSR count). The number of hydrogen-bond donors (Lipinski definition) is 2. The first kappa shape index (κ1) is 13.3. The van der Waals surface area contributed by atoms with Gasteiger partial charge in [-0.25, -0.2) is 0 Å². The molecule has 5 heteroatoms. The average Bonchev–Trinajstić information content (AvgIpc) is 2.99. The van der Waals surface area contributed by atoms with Gasteiger partial charge in [0, 0.05) is 38.3 Å². The van der Waals surface area contributed by atoms with E-state index in [9.17, 15) is 9.90 Å². The van der Waals surface area contributed by atoms with Crippen LogP contribution in [0.4, 0.5) is 0 Å². The molecule has 1 amide bonds. The first-order valence-electron chi connectivity index (χ1n) is 7.73. The molecule has 0 aromatic carbocycles. The number of fused-ring (bicyclic) bond motifs is 1. The Balaban J connectivity index is 1.67. The number of likely N-dealkylation sites (tertiary alicyclic amines) is 1. The highest BCUT2D eigenvalue weighted by molar-refractivity contribution is 5.80. The summed E-state index contributed by atoms with van der Waals surface area (Å²) in [6.45, 7) is 3.29. The van der Waals surface area contributed by atoms with Gasteiger partial charge in [-0.3, -0.25) is 9.69 Å². The van der Waals surface area contributed by atoms with E-state index in [4.69, 9.17) is 0 Å². The SMILES string of the molecule is O=C(C(O)N1CCNC2CCCCC21)N1CCCC1. The van der Waals surface area contributed by atoms with Gasteiger partial charge < -0.3 is 15.3 Å².